The van der Waals surface area contributed by atoms with Gasteiger partial charge in [-0.2, -0.15) is 0 Å². The zero-order valence-electron chi connectivity index (χ0n) is 54.0. The highest BCUT2D eigenvalue weighted by molar-refractivity contribution is 5.98. The average Bonchev–Trinajstić information content (AvgIpc) is 3.06. The van der Waals surface area contributed by atoms with Crippen molar-refractivity contribution in [3.05, 3.63) is 59.7 Å². The summed E-state index contributed by atoms with van der Waals surface area (Å²) in [6, 6.07) is 7.76. The largest absolute Gasteiger partial charge is 0.460 e. The lowest BCUT2D eigenvalue weighted by Crippen LogP contribution is -2.60. The number of hydrogen-bond donors (Lipinski definition) is 6. The van der Waals surface area contributed by atoms with Crippen molar-refractivity contribution in [1.82, 2.24) is 31.9 Å². The van der Waals surface area contributed by atoms with Crippen molar-refractivity contribution in [2.75, 3.05) is 66.0 Å². The van der Waals surface area contributed by atoms with Crippen LogP contribution in [0, 0.1) is 5.92 Å². The number of carbonyl (C=O) groups excluding carboxylic acids is 10. The van der Waals surface area contributed by atoms with Gasteiger partial charge in [0.15, 0.2) is 0 Å². The molecule has 5 atom stereocenters. The number of rotatable bonds is 35. The van der Waals surface area contributed by atoms with Gasteiger partial charge < -0.3 is 74.5 Å². The second kappa shape index (κ2) is 35.7. The van der Waals surface area contributed by atoms with E-state index in [0.717, 1.165) is 22.3 Å². The Morgan fingerprint density at radius 1 is 0.432 bits per heavy atom. The second-order valence-electron chi connectivity index (χ2n) is 25.4. The van der Waals surface area contributed by atoms with E-state index >= 15 is 0 Å². The highest BCUT2D eigenvalue weighted by Crippen LogP contribution is 2.44. The van der Waals surface area contributed by atoms with Crippen LogP contribution in [0.15, 0.2) is 48.5 Å². The fourth-order valence-corrected chi connectivity index (χ4v) is 8.64. The van der Waals surface area contributed by atoms with E-state index in [1.807, 2.05) is 48.5 Å². The zero-order valence-corrected chi connectivity index (χ0v) is 54.0. The molecule has 0 radical (unpaired) electrons. The molecule has 2 aromatic carbocycles. The molecule has 0 spiro atoms. The van der Waals surface area contributed by atoms with Crippen LogP contribution >= 0.6 is 0 Å². The van der Waals surface area contributed by atoms with Crippen molar-refractivity contribution >= 4 is 59.5 Å². The number of hydrogen-bond acceptors (Lipinski definition) is 19. The maximum absolute atomic E-state index is 14.5. The van der Waals surface area contributed by atoms with Crippen molar-refractivity contribution < 1.29 is 90.6 Å². The maximum atomic E-state index is 14.5. The summed E-state index contributed by atoms with van der Waals surface area (Å²) in [5, 5.41) is 15.3. The Morgan fingerprint density at radius 2 is 0.830 bits per heavy atom. The number of carbonyl (C=O) groups is 10. The number of benzene rings is 2. The standard InChI is InChI=1S/C63H96N6O19/c1-39(2)53(58(78)67-47(36-51(72)87-62(10,11)12)56(76)65-40(3)54(74)64-27-29-81-31-33-83-35-34-82-32-30-80-28-26-50(71)86-61(7,8)9)69-55(75)46(24-25-49(70)85-60(4,5)6)66-57(77)48(37-52(73)88-63(13,14)15)68-59(79)84-38-45-43-22-18-16-20-41(43)42-21-17-19-23-44(42)45/h16-23,39-40,45-48,53H,24-38H2,1-15H3,(H,64,74)(H,65,76)(H,66,77)(H,67,78)(H,68,79)(H,69,75)/t40-,46+,47+,48+,53+/m1/s1. The minimum absolute atomic E-state index is 0.0582. The van der Waals surface area contributed by atoms with Crippen LogP contribution in [0.2, 0.25) is 0 Å². The summed E-state index contributed by atoms with van der Waals surface area (Å²) in [4.78, 5) is 135. The molecule has 1 aliphatic carbocycles. The Hall–Kier alpha value is -7.22. The Kier molecular flexibility index (Phi) is 30.4. The first kappa shape index (κ1) is 75.0. The van der Waals surface area contributed by atoms with Crippen LogP contribution in [0.25, 0.3) is 11.1 Å². The van der Waals surface area contributed by atoms with E-state index < -0.39 is 138 Å². The summed E-state index contributed by atoms with van der Waals surface area (Å²) in [5.74, 6) is -8.44. The molecular formula is C63H96N6O19. The molecule has 88 heavy (non-hydrogen) atoms. The Bertz CT molecular complexity index is 2610. The van der Waals surface area contributed by atoms with E-state index in [4.69, 9.17) is 42.6 Å². The molecule has 25 nitrogen and oxygen atoms in total. The van der Waals surface area contributed by atoms with Gasteiger partial charge in [-0.15, -0.1) is 0 Å². The van der Waals surface area contributed by atoms with Crippen molar-refractivity contribution in [2.24, 2.45) is 5.92 Å². The van der Waals surface area contributed by atoms with E-state index in [1.165, 1.54) is 6.92 Å². The summed E-state index contributed by atoms with van der Waals surface area (Å²) in [5.41, 5.74) is 0.342. The summed E-state index contributed by atoms with van der Waals surface area (Å²) < 4.78 is 49.3. The zero-order chi connectivity index (χ0) is 66.0. The quantitative estimate of drug-likeness (QED) is 0.0300. The summed E-state index contributed by atoms with van der Waals surface area (Å²) in [6.45, 7) is 26.4. The lowest BCUT2D eigenvalue weighted by Gasteiger charge is -2.29. The predicted octanol–water partition coefficient (Wildman–Crippen LogP) is 5.01. The third kappa shape index (κ3) is 29.7. The van der Waals surface area contributed by atoms with Crippen molar-refractivity contribution in [2.45, 2.75) is 194 Å². The fourth-order valence-electron chi connectivity index (χ4n) is 8.64. The van der Waals surface area contributed by atoms with Crippen LogP contribution in [0.4, 0.5) is 4.79 Å². The molecule has 0 saturated heterocycles. The number of amides is 6. The van der Waals surface area contributed by atoms with Crippen molar-refractivity contribution in [3.63, 3.8) is 0 Å². The lowest BCUT2D eigenvalue weighted by atomic mass is 9.98. The second-order valence-corrected chi connectivity index (χ2v) is 25.4. The topological polar surface area (TPSA) is 326 Å². The average molecular weight is 1240 g/mol. The van der Waals surface area contributed by atoms with Crippen molar-refractivity contribution in [3.8, 4) is 11.1 Å². The molecule has 0 heterocycles. The third-order valence-electron chi connectivity index (χ3n) is 12.4. The van der Waals surface area contributed by atoms with E-state index in [2.05, 4.69) is 31.9 Å². The maximum Gasteiger partial charge on any atom is 0.407 e. The van der Waals surface area contributed by atoms with Gasteiger partial charge in [0.1, 0.15) is 59.2 Å². The van der Waals surface area contributed by atoms with E-state index in [1.54, 1.807) is 96.9 Å². The Morgan fingerprint density at radius 3 is 1.31 bits per heavy atom. The highest BCUT2D eigenvalue weighted by atomic mass is 16.6. The molecule has 492 valence electrons. The molecule has 0 aliphatic heterocycles. The third-order valence-corrected chi connectivity index (χ3v) is 12.4. The molecule has 0 aromatic heterocycles. The van der Waals surface area contributed by atoms with Gasteiger partial charge in [-0.3, -0.25) is 43.2 Å². The summed E-state index contributed by atoms with van der Waals surface area (Å²) >= 11 is 0. The van der Waals surface area contributed by atoms with Gasteiger partial charge >= 0.3 is 30.0 Å². The molecule has 6 amide bonds. The number of alkyl carbamates (subject to hydrolysis) is 1. The van der Waals surface area contributed by atoms with Crippen LogP contribution in [-0.2, 0) is 85.8 Å². The minimum atomic E-state index is -1.69. The molecule has 1 aliphatic rings. The van der Waals surface area contributed by atoms with Crippen LogP contribution in [0.5, 0.6) is 0 Å². The highest BCUT2D eigenvalue weighted by Gasteiger charge is 2.37. The molecular weight excluding hydrogens is 1140 g/mol. The van der Waals surface area contributed by atoms with Gasteiger partial charge in [-0.05, 0) is 125 Å². The number of fused-ring (bicyclic) bond motifs is 3. The summed E-state index contributed by atoms with van der Waals surface area (Å²) in [7, 11) is 0. The molecule has 25 heteroatoms. The fraction of sp³-hybridized carbons (Fsp3) is 0.651. The molecule has 0 bridgehead atoms. The van der Waals surface area contributed by atoms with Crippen LogP contribution < -0.4 is 31.9 Å². The first-order chi connectivity index (χ1) is 41.0. The van der Waals surface area contributed by atoms with Gasteiger partial charge in [0.05, 0.1) is 72.1 Å². The molecule has 0 unspecified atom stereocenters. The molecule has 0 fully saturated rings. The van der Waals surface area contributed by atoms with Gasteiger partial charge in [-0.25, -0.2) is 4.79 Å². The first-order valence-electron chi connectivity index (χ1n) is 29.8. The van der Waals surface area contributed by atoms with Crippen LogP contribution in [0.3, 0.4) is 0 Å². The molecule has 2 aromatic rings. The number of esters is 4. The SMILES string of the molecule is CC(C)[C@H](NC(=O)[C@H](CCC(=O)OC(C)(C)C)NC(=O)[C@H](CC(=O)OC(C)(C)C)NC(=O)OCC1c2ccccc2-c2ccccc21)C(=O)N[C@@H](CC(=O)OC(C)(C)C)C(=O)N[C@H](C)C(=O)NCCOCCOCCOCCOCCC(=O)OC(C)(C)C. The van der Waals surface area contributed by atoms with Gasteiger partial charge in [0, 0.05) is 18.9 Å². The monoisotopic (exact) mass is 1240 g/mol. The number of ether oxygens (including phenoxy) is 9. The van der Waals surface area contributed by atoms with Crippen LogP contribution in [0.1, 0.15) is 153 Å². The van der Waals surface area contributed by atoms with Gasteiger partial charge in [-0.1, -0.05) is 62.4 Å². The van der Waals surface area contributed by atoms with Crippen molar-refractivity contribution in [1.29, 1.82) is 0 Å². The first-order valence-corrected chi connectivity index (χ1v) is 29.8. The van der Waals surface area contributed by atoms with E-state index in [9.17, 15) is 47.9 Å². The Balaban J connectivity index is 1.69. The molecule has 0 saturated carbocycles. The van der Waals surface area contributed by atoms with E-state index in [0.29, 0.717) is 26.4 Å². The summed E-state index contributed by atoms with van der Waals surface area (Å²) in [6.07, 6.45) is -3.15. The van der Waals surface area contributed by atoms with Crippen LogP contribution in [-0.4, -0.2) is 178 Å². The molecule has 6 N–H and O–H groups in total. The number of nitrogens with one attached hydrogen (secondary N) is 6. The van der Waals surface area contributed by atoms with E-state index in [-0.39, 0.29) is 57.9 Å². The van der Waals surface area contributed by atoms with Gasteiger partial charge in [0.2, 0.25) is 29.5 Å². The van der Waals surface area contributed by atoms with Gasteiger partial charge in [0.25, 0.3) is 0 Å². The normalized spacial score (nSPS) is 14.1. The Labute approximate surface area is 517 Å². The molecule has 3 rings (SSSR count). The minimum Gasteiger partial charge on any atom is -0.460 e. The lowest BCUT2D eigenvalue weighted by molar-refractivity contribution is -0.157. The smallest absolute Gasteiger partial charge is 0.407 e. The predicted molar refractivity (Wildman–Crippen MR) is 323 cm³/mol.